The number of ether oxygens (including phenoxy) is 1. The second kappa shape index (κ2) is 8.83. The molecule has 0 spiro atoms. The van der Waals surface area contributed by atoms with Crippen molar-refractivity contribution in [2.24, 2.45) is 0 Å². The summed E-state index contributed by atoms with van der Waals surface area (Å²) in [4.78, 5) is 28.0. The fourth-order valence-corrected chi connectivity index (χ4v) is 4.55. The topological polar surface area (TPSA) is 105 Å². The molecule has 1 aliphatic heterocycles. The zero-order valence-corrected chi connectivity index (χ0v) is 17.8. The van der Waals surface area contributed by atoms with Gasteiger partial charge in [0.2, 0.25) is 21.8 Å². The number of hydrogen-bond acceptors (Lipinski definition) is 6. The molecule has 3 rings (SSSR count). The summed E-state index contributed by atoms with van der Waals surface area (Å²) in [5.74, 6) is -0.0289. The van der Waals surface area contributed by atoms with Crippen molar-refractivity contribution in [1.82, 2.24) is 4.90 Å². The molecule has 1 fully saturated rings. The number of amides is 2. The molecule has 8 nitrogen and oxygen atoms in total. The van der Waals surface area contributed by atoms with Crippen molar-refractivity contribution >= 4 is 44.5 Å². The van der Waals surface area contributed by atoms with Crippen LogP contribution in [-0.2, 0) is 26.0 Å². The first kappa shape index (κ1) is 21.1. The molecule has 2 aromatic rings. The van der Waals surface area contributed by atoms with Gasteiger partial charge in [-0.3, -0.25) is 14.3 Å². The van der Waals surface area contributed by atoms with E-state index in [0.717, 1.165) is 17.6 Å². The maximum Gasteiger partial charge on any atom is 0.247 e. The molecule has 156 valence electrons. The number of nitrogens with zero attached hydrogens (tertiary/aromatic N) is 1. The minimum absolute atomic E-state index is 0.0701. The molecule has 29 heavy (non-hydrogen) atoms. The standard InChI is InChI=1S/C19H23N3O5S2/c1-27-17-8-7-13(11-15(17)21-29(2,25)26)20-19(24)16-6-3-9-22(16)18(23)12-14-5-4-10-28-14/h4-5,7-8,10-11,16,21H,3,6,9,12H2,1-2H3,(H,20,24). The number of carbonyl (C=O) groups excluding carboxylic acids is 2. The van der Waals surface area contributed by atoms with Gasteiger partial charge in [-0.15, -0.1) is 11.3 Å². The maximum atomic E-state index is 12.8. The molecule has 0 saturated carbocycles. The molecule has 0 radical (unpaired) electrons. The van der Waals surface area contributed by atoms with Gasteiger partial charge in [-0.1, -0.05) is 6.07 Å². The third-order valence-corrected chi connectivity index (χ3v) is 6.01. The molecule has 2 heterocycles. The summed E-state index contributed by atoms with van der Waals surface area (Å²) in [6, 6.07) is 7.93. The summed E-state index contributed by atoms with van der Waals surface area (Å²) in [6.07, 6.45) is 2.67. The zero-order chi connectivity index (χ0) is 21.0. The van der Waals surface area contributed by atoms with Crippen molar-refractivity contribution in [1.29, 1.82) is 0 Å². The van der Waals surface area contributed by atoms with Crippen LogP contribution in [0.4, 0.5) is 11.4 Å². The Balaban J connectivity index is 1.71. The number of sulfonamides is 1. The monoisotopic (exact) mass is 437 g/mol. The highest BCUT2D eigenvalue weighted by Gasteiger charge is 2.34. The van der Waals surface area contributed by atoms with Gasteiger partial charge in [0.05, 0.1) is 25.5 Å². The quantitative estimate of drug-likeness (QED) is 0.692. The Morgan fingerprint density at radius 3 is 2.76 bits per heavy atom. The molecular weight excluding hydrogens is 414 g/mol. The number of thiophene rings is 1. The van der Waals surface area contributed by atoms with E-state index in [1.54, 1.807) is 17.0 Å². The third kappa shape index (κ3) is 5.48. The van der Waals surface area contributed by atoms with E-state index in [-0.39, 0.29) is 23.9 Å². The van der Waals surface area contributed by atoms with Gasteiger partial charge in [-0.2, -0.15) is 0 Å². The smallest absolute Gasteiger partial charge is 0.247 e. The fourth-order valence-electron chi connectivity index (χ4n) is 3.29. The molecule has 1 aromatic heterocycles. The fraction of sp³-hybridized carbons (Fsp3) is 0.368. The Morgan fingerprint density at radius 1 is 1.31 bits per heavy atom. The Bertz CT molecular complexity index is 989. The van der Waals surface area contributed by atoms with Crippen LogP contribution in [0.5, 0.6) is 5.75 Å². The summed E-state index contributed by atoms with van der Waals surface area (Å²) in [5.41, 5.74) is 0.643. The van der Waals surface area contributed by atoms with Gasteiger partial charge in [0.15, 0.2) is 0 Å². The number of carbonyl (C=O) groups is 2. The number of hydrogen-bond donors (Lipinski definition) is 2. The highest BCUT2D eigenvalue weighted by Crippen LogP contribution is 2.29. The van der Waals surface area contributed by atoms with Crippen molar-refractivity contribution in [2.45, 2.75) is 25.3 Å². The first-order valence-corrected chi connectivity index (χ1v) is 11.8. The van der Waals surface area contributed by atoms with Gasteiger partial charge in [-0.05, 0) is 42.5 Å². The zero-order valence-electron chi connectivity index (χ0n) is 16.2. The molecule has 1 saturated heterocycles. The van der Waals surface area contributed by atoms with Crippen LogP contribution in [0, 0.1) is 0 Å². The Labute approximate surface area is 173 Å². The van der Waals surface area contributed by atoms with Crippen LogP contribution in [0.1, 0.15) is 17.7 Å². The lowest BCUT2D eigenvalue weighted by Gasteiger charge is -2.24. The highest BCUT2D eigenvalue weighted by atomic mass is 32.2. The van der Waals surface area contributed by atoms with E-state index in [9.17, 15) is 18.0 Å². The van der Waals surface area contributed by atoms with Gasteiger partial charge < -0.3 is 15.0 Å². The molecule has 2 amide bonds. The second-order valence-electron chi connectivity index (χ2n) is 6.78. The first-order chi connectivity index (χ1) is 13.8. The molecule has 1 atom stereocenters. The van der Waals surface area contributed by atoms with Crippen molar-refractivity contribution in [3.63, 3.8) is 0 Å². The number of methoxy groups -OCH3 is 1. The maximum absolute atomic E-state index is 12.8. The average molecular weight is 438 g/mol. The summed E-state index contributed by atoms with van der Waals surface area (Å²) >= 11 is 1.52. The van der Waals surface area contributed by atoms with Crippen LogP contribution >= 0.6 is 11.3 Å². The minimum Gasteiger partial charge on any atom is -0.495 e. The molecule has 0 bridgehead atoms. The van der Waals surface area contributed by atoms with Gasteiger partial charge in [-0.25, -0.2) is 8.42 Å². The molecule has 0 aliphatic carbocycles. The lowest BCUT2D eigenvalue weighted by Crippen LogP contribution is -2.43. The van der Waals surface area contributed by atoms with E-state index in [2.05, 4.69) is 10.0 Å². The van der Waals surface area contributed by atoms with Crippen molar-refractivity contribution in [3.05, 3.63) is 40.6 Å². The average Bonchev–Trinajstić information content (AvgIpc) is 3.32. The number of likely N-dealkylation sites (tertiary alicyclic amines) is 1. The Kier molecular flexibility index (Phi) is 6.43. The van der Waals surface area contributed by atoms with Crippen molar-refractivity contribution in [3.8, 4) is 5.75 Å². The van der Waals surface area contributed by atoms with Gasteiger partial charge in [0.1, 0.15) is 11.8 Å². The molecule has 10 heteroatoms. The summed E-state index contributed by atoms with van der Waals surface area (Å²) < 4.78 is 30.7. The van der Waals surface area contributed by atoms with Crippen LogP contribution < -0.4 is 14.8 Å². The number of anilines is 2. The number of rotatable bonds is 7. The normalized spacial score (nSPS) is 16.5. The van der Waals surface area contributed by atoms with Crippen molar-refractivity contribution in [2.75, 3.05) is 29.9 Å². The van der Waals surface area contributed by atoms with Crippen LogP contribution in [-0.4, -0.2) is 51.1 Å². The predicted octanol–water partition coefficient (Wildman–Crippen LogP) is 2.30. The Hall–Kier alpha value is -2.59. The molecule has 2 N–H and O–H groups in total. The number of nitrogens with one attached hydrogen (secondary N) is 2. The van der Waals surface area contributed by atoms with Gasteiger partial charge in [0.25, 0.3) is 0 Å². The highest BCUT2D eigenvalue weighted by molar-refractivity contribution is 7.92. The largest absolute Gasteiger partial charge is 0.495 e. The second-order valence-corrected chi connectivity index (χ2v) is 9.56. The predicted molar refractivity (Wildman–Crippen MR) is 113 cm³/mol. The van der Waals surface area contributed by atoms with Crippen molar-refractivity contribution < 1.29 is 22.7 Å². The van der Waals surface area contributed by atoms with E-state index in [1.807, 2.05) is 17.5 Å². The first-order valence-electron chi connectivity index (χ1n) is 9.05. The van der Waals surface area contributed by atoms with Gasteiger partial charge >= 0.3 is 0 Å². The lowest BCUT2D eigenvalue weighted by molar-refractivity contribution is -0.136. The summed E-state index contributed by atoms with van der Waals surface area (Å²) in [5, 5.41) is 4.70. The van der Waals surface area contributed by atoms with E-state index < -0.39 is 16.1 Å². The minimum atomic E-state index is -3.51. The lowest BCUT2D eigenvalue weighted by atomic mass is 10.2. The van der Waals surface area contributed by atoms with Crippen LogP contribution in [0.15, 0.2) is 35.7 Å². The van der Waals surface area contributed by atoms with Crippen LogP contribution in [0.2, 0.25) is 0 Å². The molecule has 1 aromatic carbocycles. The summed E-state index contributed by atoms with van der Waals surface area (Å²) in [7, 11) is -2.08. The summed E-state index contributed by atoms with van der Waals surface area (Å²) in [6.45, 7) is 0.547. The molecule has 1 unspecified atom stereocenters. The van der Waals surface area contributed by atoms with Crippen LogP contribution in [0.3, 0.4) is 0 Å². The van der Waals surface area contributed by atoms with E-state index >= 15 is 0 Å². The van der Waals surface area contributed by atoms with E-state index in [0.29, 0.717) is 24.4 Å². The Morgan fingerprint density at radius 2 is 2.10 bits per heavy atom. The molecular formula is C19H23N3O5S2. The van der Waals surface area contributed by atoms with Crippen LogP contribution in [0.25, 0.3) is 0 Å². The SMILES string of the molecule is COc1ccc(NC(=O)C2CCCN2C(=O)Cc2cccs2)cc1NS(C)(=O)=O. The van der Waals surface area contributed by atoms with E-state index in [1.165, 1.54) is 24.5 Å². The molecule has 1 aliphatic rings. The third-order valence-electron chi connectivity index (χ3n) is 4.54. The van der Waals surface area contributed by atoms with Gasteiger partial charge in [0, 0.05) is 17.1 Å². The number of benzene rings is 1. The van der Waals surface area contributed by atoms with E-state index in [4.69, 9.17) is 4.74 Å².